The van der Waals surface area contributed by atoms with Crippen molar-refractivity contribution in [3.8, 4) is 6.07 Å². The standard InChI is InChI=1S/C16H13F2N3O3S/c1-25(23,24)21(12-7-5-11(9-19)6-8-12)10-15(22)20-16-13(17)3-2-4-14(16)18/h2-8H,10H2,1H3,(H,20,22). The SMILES string of the molecule is CS(=O)(=O)N(CC(=O)Nc1c(F)cccc1F)c1ccc(C#N)cc1. The Morgan fingerprint density at radius 1 is 1.16 bits per heavy atom. The van der Waals surface area contributed by atoms with E-state index in [9.17, 15) is 22.0 Å². The van der Waals surface area contributed by atoms with Crippen LogP contribution in [0.2, 0.25) is 0 Å². The highest BCUT2D eigenvalue weighted by Crippen LogP contribution is 2.20. The van der Waals surface area contributed by atoms with Crippen molar-refractivity contribution >= 4 is 27.3 Å². The average molecular weight is 365 g/mol. The fraction of sp³-hybridized carbons (Fsp3) is 0.125. The van der Waals surface area contributed by atoms with Gasteiger partial charge in [0.05, 0.1) is 23.6 Å². The molecule has 0 aliphatic carbocycles. The van der Waals surface area contributed by atoms with E-state index in [0.717, 1.165) is 28.8 Å². The van der Waals surface area contributed by atoms with E-state index in [4.69, 9.17) is 5.26 Å². The molecule has 0 aromatic heterocycles. The Labute approximate surface area is 143 Å². The van der Waals surface area contributed by atoms with Crippen molar-refractivity contribution in [2.75, 3.05) is 22.4 Å². The summed E-state index contributed by atoms with van der Waals surface area (Å²) >= 11 is 0. The van der Waals surface area contributed by atoms with Gasteiger partial charge >= 0.3 is 0 Å². The molecule has 0 radical (unpaired) electrons. The first-order chi connectivity index (χ1) is 11.7. The molecular formula is C16H13F2N3O3S. The van der Waals surface area contributed by atoms with Gasteiger partial charge < -0.3 is 5.32 Å². The predicted molar refractivity (Wildman–Crippen MR) is 88.3 cm³/mol. The lowest BCUT2D eigenvalue weighted by molar-refractivity contribution is -0.114. The maximum Gasteiger partial charge on any atom is 0.245 e. The first-order valence-corrected chi connectivity index (χ1v) is 8.79. The predicted octanol–water partition coefficient (Wildman–Crippen LogP) is 2.24. The summed E-state index contributed by atoms with van der Waals surface area (Å²) in [7, 11) is -3.84. The second kappa shape index (κ2) is 7.27. The molecule has 2 rings (SSSR count). The van der Waals surface area contributed by atoms with Crippen molar-refractivity contribution < 1.29 is 22.0 Å². The zero-order chi connectivity index (χ0) is 18.6. The summed E-state index contributed by atoms with van der Waals surface area (Å²) in [6, 6.07) is 10.5. The number of nitriles is 1. The van der Waals surface area contributed by atoms with Crippen molar-refractivity contribution in [2.45, 2.75) is 0 Å². The molecule has 0 spiro atoms. The number of para-hydroxylation sites is 1. The number of carbonyl (C=O) groups excluding carboxylic acids is 1. The summed E-state index contributed by atoms with van der Waals surface area (Å²) in [4.78, 5) is 12.1. The first kappa shape index (κ1) is 18.4. The van der Waals surface area contributed by atoms with Crippen LogP contribution in [0.3, 0.4) is 0 Å². The number of amides is 1. The summed E-state index contributed by atoms with van der Waals surface area (Å²) in [6.45, 7) is -0.682. The summed E-state index contributed by atoms with van der Waals surface area (Å²) in [5.74, 6) is -2.87. The van der Waals surface area contributed by atoms with Gasteiger partial charge in [-0.1, -0.05) is 6.07 Å². The van der Waals surface area contributed by atoms with E-state index in [1.54, 1.807) is 0 Å². The molecule has 0 saturated heterocycles. The molecular weight excluding hydrogens is 352 g/mol. The minimum atomic E-state index is -3.84. The number of anilines is 2. The third-order valence-electron chi connectivity index (χ3n) is 3.20. The van der Waals surface area contributed by atoms with Crippen LogP contribution < -0.4 is 9.62 Å². The lowest BCUT2D eigenvalue weighted by Crippen LogP contribution is -2.37. The number of hydrogen-bond donors (Lipinski definition) is 1. The fourth-order valence-electron chi connectivity index (χ4n) is 2.03. The van der Waals surface area contributed by atoms with Crippen LogP contribution >= 0.6 is 0 Å². The molecule has 0 atom stereocenters. The lowest BCUT2D eigenvalue weighted by atomic mass is 10.2. The number of hydrogen-bond acceptors (Lipinski definition) is 4. The van der Waals surface area contributed by atoms with Crippen LogP contribution in [0.5, 0.6) is 0 Å². The monoisotopic (exact) mass is 365 g/mol. The summed E-state index contributed by atoms with van der Waals surface area (Å²) in [5, 5.41) is 10.8. The Balaban J connectivity index is 2.25. The maximum atomic E-state index is 13.6. The van der Waals surface area contributed by atoms with E-state index >= 15 is 0 Å². The molecule has 2 aromatic rings. The van der Waals surface area contributed by atoms with Crippen LogP contribution in [0.25, 0.3) is 0 Å². The van der Waals surface area contributed by atoms with E-state index in [-0.39, 0.29) is 5.69 Å². The zero-order valence-corrected chi connectivity index (χ0v) is 13.8. The number of benzene rings is 2. The number of halogens is 2. The molecule has 1 amide bonds. The van der Waals surface area contributed by atoms with Gasteiger partial charge in [-0.25, -0.2) is 17.2 Å². The van der Waals surface area contributed by atoms with Crippen molar-refractivity contribution in [1.82, 2.24) is 0 Å². The van der Waals surface area contributed by atoms with Gasteiger partial charge in [0.15, 0.2) is 0 Å². The summed E-state index contributed by atoms with van der Waals surface area (Å²) in [6.07, 6.45) is 0.891. The second-order valence-corrected chi connectivity index (χ2v) is 6.98. The Bertz CT molecular complexity index is 918. The van der Waals surface area contributed by atoms with E-state index in [1.807, 2.05) is 11.4 Å². The molecule has 0 aliphatic heterocycles. The van der Waals surface area contributed by atoms with Crippen molar-refractivity contribution in [1.29, 1.82) is 5.26 Å². The van der Waals surface area contributed by atoms with Crippen LogP contribution in [0, 0.1) is 23.0 Å². The van der Waals surface area contributed by atoms with Gasteiger partial charge in [0.2, 0.25) is 15.9 Å². The van der Waals surface area contributed by atoms with Crippen molar-refractivity contribution in [3.05, 3.63) is 59.7 Å². The molecule has 0 fully saturated rings. The van der Waals surface area contributed by atoms with E-state index in [1.165, 1.54) is 24.3 Å². The van der Waals surface area contributed by atoms with Crippen LogP contribution in [0.1, 0.15) is 5.56 Å². The van der Waals surface area contributed by atoms with Gasteiger partial charge in [-0.3, -0.25) is 9.10 Å². The molecule has 0 bridgehead atoms. The van der Waals surface area contributed by atoms with Gasteiger partial charge in [-0.15, -0.1) is 0 Å². The Hall–Kier alpha value is -2.99. The van der Waals surface area contributed by atoms with Crippen LogP contribution in [-0.2, 0) is 14.8 Å². The number of rotatable bonds is 5. The molecule has 6 nitrogen and oxygen atoms in total. The van der Waals surface area contributed by atoms with Gasteiger partial charge in [0.25, 0.3) is 0 Å². The largest absolute Gasteiger partial charge is 0.320 e. The lowest BCUT2D eigenvalue weighted by Gasteiger charge is -2.22. The fourth-order valence-corrected chi connectivity index (χ4v) is 2.89. The third-order valence-corrected chi connectivity index (χ3v) is 4.34. The second-order valence-electron chi connectivity index (χ2n) is 5.07. The molecule has 0 saturated carbocycles. The molecule has 9 heteroatoms. The number of nitrogens with one attached hydrogen (secondary N) is 1. The smallest absolute Gasteiger partial charge is 0.245 e. The molecule has 25 heavy (non-hydrogen) atoms. The summed E-state index contributed by atoms with van der Waals surface area (Å²) < 4.78 is 51.8. The van der Waals surface area contributed by atoms with Gasteiger partial charge in [-0.2, -0.15) is 5.26 Å². The van der Waals surface area contributed by atoms with Gasteiger partial charge in [0, 0.05) is 0 Å². The Kier molecular flexibility index (Phi) is 5.34. The van der Waals surface area contributed by atoms with Gasteiger partial charge in [0.1, 0.15) is 23.9 Å². The highest BCUT2D eigenvalue weighted by atomic mass is 32.2. The van der Waals surface area contributed by atoms with Crippen LogP contribution in [-0.4, -0.2) is 27.1 Å². The molecule has 130 valence electrons. The maximum absolute atomic E-state index is 13.6. The van der Waals surface area contributed by atoms with Crippen LogP contribution in [0.15, 0.2) is 42.5 Å². The minimum Gasteiger partial charge on any atom is -0.320 e. The number of nitrogens with zero attached hydrogens (tertiary/aromatic N) is 2. The highest BCUT2D eigenvalue weighted by Gasteiger charge is 2.22. The van der Waals surface area contributed by atoms with Crippen molar-refractivity contribution in [3.63, 3.8) is 0 Å². The van der Waals surface area contributed by atoms with E-state index < -0.39 is 39.8 Å². The quantitative estimate of drug-likeness (QED) is 0.880. The molecule has 0 aliphatic rings. The first-order valence-electron chi connectivity index (χ1n) is 6.94. The Morgan fingerprint density at radius 3 is 2.20 bits per heavy atom. The molecule has 2 aromatic carbocycles. The normalized spacial score (nSPS) is 10.8. The van der Waals surface area contributed by atoms with Crippen molar-refractivity contribution in [2.24, 2.45) is 0 Å². The minimum absolute atomic E-state index is 0.144. The molecule has 0 heterocycles. The van der Waals surface area contributed by atoms with E-state index in [0.29, 0.717) is 5.56 Å². The van der Waals surface area contributed by atoms with Gasteiger partial charge in [-0.05, 0) is 36.4 Å². The molecule has 0 unspecified atom stereocenters. The third kappa shape index (κ3) is 4.51. The average Bonchev–Trinajstić information content (AvgIpc) is 2.55. The zero-order valence-electron chi connectivity index (χ0n) is 13.0. The highest BCUT2D eigenvalue weighted by molar-refractivity contribution is 7.92. The van der Waals surface area contributed by atoms with Crippen LogP contribution in [0.4, 0.5) is 20.2 Å². The number of sulfonamides is 1. The Morgan fingerprint density at radius 2 is 1.72 bits per heavy atom. The molecule has 1 N–H and O–H groups in total. The number of carbonyl (C=O) groups is 1. The topological polar surface area (TPSA) is 90.3 Å². The summed E-state index contributed by atoms with van der Waals surface area (Å²) in [5.41, 5.74) is -0.193. The van der Waals surface area contributed by atoms with E-state index in [2.05, 4.69) is 0 Å².